The van der Waals surface area contributed by atoms with E-state index in [4.69, 9.17) is 0 Å². The molecule has 28 heavy (non-hydrogen) atoms. The number of nitrogens with two attached hydrogens (primary N) is 1. The van der Waals surface area contributed by atoms with E-state index < -0.39 is 5.97 Å². The lowest BCUT2D eigenvalue weighted by Crippen LogP contribution is -2.27. The molecule has 1 aliphatic carbocycles. The van der Waals surface area contributed by atoms with Crippen LogP contribution >= 0.6 is 23.7 Å². The summed E-state index contributed by atoms with van der Waals surface area (Å²) < 4.78 is 0. The van der Waals surface area contributed by atoms with Gasteiger partial charge < -0.3 is 14.8 Å². The second-order valence-corrected chi connectivity index (χ2v) is 8.06. The predicted octanol–water partition coefficient (Wildman–Crippen LogP) is 4.00. The Balaban J connectivity index is 0.000000660. The Morgan fingerprint density at radius 3 is 2.43 bits per heavy atom. The second kappa shape index (κ2) is 10.2. The highest BCUT2D eigenvalue weighted by Crippen LogP contribution is 2.41. The number of nitrogens with zero attached hydrogens (tertiary/aromatic N) is 1. The molecule has 1 fully saturated rings. The van der Waals surface area contributed by atoms with Gasteiger partial charge >= 0.3 is 5.97 Å². The SMILES string of the molecule is CN1CCC(=C2c3ccccc3CCc3sc(C(=O)O)cc32)CC1.CON.Cl. The number of carbonyl (C=O) groups is 1. The summed E-state index contributed by atoms with van der Waals surface area (Å²) in [5.41, 5.74) is 6.67. The van der Waals surface area contributed by atoms with Crippen LogP contribution in [0.1, 0.15) is 44.1 Å². The topological polar surface area (TPSA) is 75.8 Å². The molecule has 0 bridgehead atoms. The zero-order valence-electron chi connectivity index (χ0n) is 16.2. The van der Waals surface area contributed by atoms with Crippen molar-refractivity contribution in [2.45, 2.75) is 25.7 Å². The second-order valence-electron chi connectivity index (χ2n) is 6.93. The third kappa shape index (κ3) is 4.82. The molecule has 0 saturated carbocycles. The molecule has 0 unspecified atom stereocenters. The highest BCUT2D eigenvalue weighted by Gasteiger charge is 2.26. The maximum Gasteiger partial charge on any atom is 0.345 e. The fourth-order valence-electron chi connectivity index (χ4n) is 3.83. The Morgan fingerprint density at radius 1 is 1.14 bits per heavy atom. The fourth-order valence-corrected chi connectivity index (χ4v) is 4.83. The fraction of sp³-hybridized carbons (Fsp3) is 0.381. The molecule has 5 nitrogen and oxygen atoms in total. The van der Waals surface area contributed by atoms with Crippen LogP contribution in [0.3, 0.4) is 0 Å². The van der Waals surface area contributed by atoms with Crippen LogP contribution in [0.15, 0.2) is 35.9 Å². The Labute approximate surface area is 176 Å². The van der Waals surface area contributed by atoms with Crippen LogP contribution < -0.4 is 5.90 Å². The lowest BCUT2D eigenvalue weighted by Gasteiger charge is -2.27. The summed E-state index contributed by atoms with van der Waals surface area (Å²) in [5, 5.41) is 9.42. The minimum atomic E-state index is -0.811. The molecule has 4 rings (SSSR count). The minimum Gasteiger partial charge on any atom is -0.477 e. The van der Waals surface area contributed by atoms with Crippen molar-refractivity contribution >= 4 is 35.3 Å². The summed E-state index contributed by atoms with van der Waals surface area (Å²) in [6, 6.07) is 10.6. The first-order valence-electron chi connectivity index (χ1n) is 9.13. The van der Waals surface area contributed by atoms with Gasteiger partial charge in [-0.1, -0.05) is 29.8 Å². The molecular weight excluding hydrogens is 396 g/mol. The van der Waals surface area contributed by atoms with E-state index in [-0.39, 0.29) is 12.4 Å². The normalized spacial score (nSPS) is 16.1. The Kier molecular flexibility index (Phi) is 8.22. The number of carboxylic acid groups (broad SMARTS) is 1. The maximum absolute atomic E-state index is 11.5. The van der Waals surface area contributed by atoms with Crippen LogP contribution in [0.5, 0.6) is 0 Å². The number of piperidine rings is 1. The number of aromatic carboxylic acids is 1. The molecule has 1 aromatic heterocycles. The van der Waals surface area contributed by atoms with E-state index in [0.29, 0.717) is 4.88 Å². The van der Waals surface area contributed by atoms with Gasteiger partial charge in [-0.25, -0.2) is 10.7 Å². The van der Waals surface area contributed by atoms with Gasteiger partial charge in [0.25, 0.3) is 0 Å². The van der Waals surface area contributed by atoms with Crippen LogP contribution in [0.4, 0.5) is 0 Å². The van der Waals surface area contributed by atoms with E-state index in [1.807, 2.05) is 6.07 Å². The van der Waals surface area contributed by atoms with E-state index in [1.54, 1.807) is 0 Å². The first kappa shape index (κ1) is 22.6. The lowest BCUT2D eigenvalue weighted by molar-refractivity contribution is 0.0702. The zero-order chi connectivity index (χ0) is 19.4. The Bertz CT molecular complexity index is 853. The van der Waals surface area contributed by atoms with E-state index in [1.165, 1.54) is 51.2 Å². The third-order valence-electron chi connectivity index (χ3n) is 5.14. The summed E-state index contributed by atoms with van der Waals surface area (Å²) in [4.78, 5) is 19.3. The summed E-state index contributed by atoms with van der Waals surface area (Å²) in [6.45, 7) is 2.15. The number of aryl methyl sites for hydroxylation is 2. The monoisotopic (exact) mass is 422 g/mol. The van der Waals surface area contributed by atoms with Crippen LogP contribution in [-0.4, -0.2) is 43.2 Å². The van der Waals surface area contributed by atoms with Crippen LogP contribution in [-0.2, 0) is 17.7 Å². The number of rotatable bonds is 1. The van der Waals surface area contributed by atoms with Crippen molar-refractivity contribution in [3.63, 3.8) is 0 Å². The molecule has 0 radical (unpaired) electrons. The van der Waals surface area contributed by atoms with Gasteiger partial charge in [-0.3, -0.25) is 0 Å². The van der Waals surface area contributed by atoms with E-state index >= 15 is 0 Å². The number of thiophene rings is 1. The van der Waals surface area contributed by atoms with Crippen molar-refractivity contribution < 1.29 is 14.7 Å². The number of likely N-dealkylation sites (tertiary alicyclic amines) is 1. The number of halogens is 1. The summed E-state index contributed by atoms with van der Waals surface area (Å²) >= 11 is 1.45. The van der Waals surface area contributed by atoms with Gasteiger partial charge in [0.1, 0.15) is 4.88 Å². The first-order valence-corrected chi connectivity index (χ1v) is 9.95. The molecule has 1 saturated heterocycles. The molecule has 3 N–H and O–H groups in total. The van der Waals surface area contributed by atoms with Gasteiger partial charge in [-0.15, -0.1) is 23.7 Å². The third-order valence-corrected chi connectivity index (χ3v) is 6.32. The van der Waals surface area contributed by atoms with Crippen molar-refractivity contribution in [1.82, 2.24) is 4.90 Å². The summed E-state index contributed by atoms with van der Waals surface area (Å²) in [7, 11) is 3.57. The average molecular weight is 423 g/mol. The standard InChI is InChI=1S/C20H21NO2S.CH5NO.ClH/c1-21-10-8-14(9-11-21)19-15-5-3-2-4-13(15)6-7-17-16(19)12-18(24-17)20(22)23;1-3-2;/h2-5,12H,6-11H2,1H3,(H,22,23);2H2,1H3;1H. The molecule has 2 aliphatic rings. The van der Waals surface area contributed by atoms with Gasteiger partial charge in [0, 0.05) is 18.0 Å². The number of carboxylic acids is 1. The summed E-state index contributed by atoms with van der Waals surface area (Å²) in [6.07, 6.45) is 4.05. The maximum atomic E-state index is 11.5. The molecule has 1 aromatic carbocycles. The predicted molar refractivity (Wildman–Crippen MR) is 116 cm³/mol. The van der Waals surface area contributed by atoms with Crippen LogP contribution in [0, 0.1) is 0 Å². The van der Waals surface area contributed by atoms with Crippen LogP contribution in [0.2, 0.25) is 0 Å². The zero-order valence-corrected chi connectivity index (χ0v) is 17.9. The highest BCUT2D eigenvalue weighted by molar-refractivity contribution is 7.14. The first-order chi connectivity index (χ1) is 13.0. The van der Waals surface area contributed by atoms with Gasteiger partial charge in [-0.05, 0) is 61.1 Å². The molecule has 1 aliphatic heterocycles. The van der Waals surface area contributed by atoms with Crippen molar-refractivity contribution in [2.75, 3.05) is 27.2 Å². The van der Waals surface area contributed by atoms with E-state index in [2.05, 4.69) is 46.9 Å². The number of hydrogen-bond acceptors (Lipinski definition) is 5. The molecule has 0 atom stereocenters. The molecule has 2 heterocycles. The Morgan fingerprint density at radius 2 is 1.79 bits per heavy atom. The summed E-state index contributed by atoms with van der Waals surface area (Å²) in [5.74, 6) is 3.54. The van der Waals surface area contributed by atoms with Gasteiger partial charge in [0.05, 0.1) is 7.11 Å². The highest BCUT2D eigenvalue weighted by atomic mass is 35.5. The van der Waals surface area contributed by atoms with Crippen LogP contribution in [0.25, 0.3) is 5.57 Å². The molecule has 0 spiro atoms. The average Bonchev–Trinajstić information content (AvgIpc) is 3.01. The van der Waals surface area contributed by atoms with Crippen molar-refractivity contribution in [1.29, 1.82) is 0 Å². The molecule has 7 heteroatoms. The van der Waals surface area contributed by atoms with E-state index in [9.17, 15) is 9.90 Å². The molecular formula is C21H27ClN2O3S. The largest absolute Gasteiger partial charge is 0.477 e. The van der Waals surface area contributed by atoms with Crippen molar-refractivity contribution in [2.24, 2.45) is 5.90 Å². The Hall–Kier alpha value is -1.70. The lowest BCUT2D eigenvalue weighted by atomic mass is 9.87. The molecule has 2 aromatic rings. The van der Waals surface area contributed by atoms with E-state index in [0.717, 1.165) is 38.8 Å². The number of fused-ring (bicyclic) bond motifs is 2. The molecule has 152 valence electrons. The van der Waals surface area contributed by atoms with Gasteiger partial charge in [0.2, 0.25) is 0 Å². The number of benzene rings is 1. The van der Waals surface area contributed by atoms with Gasteiger partial charge in [0.15, 0.2) is 0 Å². The minimum absolute atomic E-state index is 0. The quantitative estimate of drug-likeness (QED) is 0.679. The number of hydrogen-bond donors (Lipinski definition) is 2. The van der Waals surface area contributed by atoms with Gasteiger partial charge in [-0.2, -0.15) is 0 Å². The smallest absolute Gasteiger partial charge is 0.345 e. The molecule has 0 amide bonds. The van der Waals surface area contributed by atoms with Crippen molar-refractivity contribution in [3.05, 3.63) is 62.3 Å². The van der Waals surface area contributed by atoms with Crippen molar-refractivity contribution in [3.8, 4) is 0 Å².